The molecule has 1 amide bonds. The van der Waals surface area contributed by atoms with Crippen molar-refractivity contribution in [2.24, 2.45) is 5.92 Å². The van der Waals surface area contributed by atoms with Crippen LogP contribution in [0.5, 0.6) is 0 Å². The lowest BCUT2D eigenvalue weighted by atomic mass is 9.98. The first-order valence-corrected chi connectivity index (χ1v) is 12.6. The smallest absolute Gasteiger partial charge is 0.310 e. The predicted molar refractivity (Wildman–Crippen MR) is 133 cm³/mol. The van der Waals surface area contributed by atoms with Gasteiger partial charge in [0.15, 0.2) is 0 Å². The summed E-state index contributed by atoms with van der Waals surface area (Å²) in [5, 5.41) is 0.651. The van der Waals surface area contributed by atoms with E-state index in [4.69, 9.17) is 4.74 Å². The number of hydrogen-bond donors (Lipinski definition) is 0. The molecular weight excluding hydrogens is 467 g/mol. The number of anilines is 1. The molecule has 0 radical (unpaired) electrons. The quantitative estimate of drug-likeness (QED) is 0.416. The van der Waals surface area contributed by atoms with Crippen LogP contribution in [-0.2, 0) is 27.3 Å². The fourth-order valence-corrected chi connectivity index (χ4v) is 4.83. The van der Waals surface area contributed by atoms with E-state index in [2.05, 4.69) is 9.36 Å². The molecule has 3 aromatic rings. The SMILES string of the molecule is CCOC(=O)C1CCCN(C(=O)CN(Cc2ccccc2)c2nc(Cc3ccc(F)cc3)ns2)C1. The van der Waals surface area contributed by atoms with Crippen LogP contribution in [0.25, 0.3) is 0 Å². The van der Waals surface area contributed by atoms with Gasteiger partial charge in [0.1, 0.15) is 11.6 Å². The molecular formula is C26H29FN4O3S. The molecule has 0 N–H and O–H groups in total. The molecule has 1 fully saturated rings. The maximum absolute atomic E-state index is 13.3. The first-order valence-electron chi connectivity index (χ1n) is 11.8. The lowest BCUT2D eigenvalue weighted by Gasteiger charge is -2.33. The average Bonchev–Trinajstić information content (AvgIpc) is 3.34. The molecule has 1 saturated heterocycles. The Labute approximate surface area is 208 Å². The molecule has 1 aliphatic rings. The Morgan fingerprint density at radius 2 is 1.91 bits per heavy atom. The topological polar surface area (TPSA) is 75.6 Å². The number of amides is 1. The van der Waals surface area contributed by atoms with E-state index in [1.54, 1.807) is 24.0 Å². The lowest BCUT2D eigenvalue weighted by Crippen LogP contribution is -2.46. The van der Waals surface area contributed by atoms with Gasteiger partial charge in [0.2, 0.25) is 11.0 Å². The van der Waals surface area contributed by atoms with E-state index in [0.717, 1.165) is 24.0 Å². The summed E-state index contributed by atoms with van der Waals surface area (Å²) < 4.78 is 22.9. The van der Waals surface area contributed by atoms with Gasteiger partial charge < -0.3 is 14.5 Å². The van der Waals surface area contributed by atoms with Crippen molar-refractivity contribution in [2.45, 2.75) is 32.7 Å². The van der Waals surface area contributed by atoms with Crippen molar-refractivity contribution < 1.29 is 18.7 Å². The van der Waals surface area contributed by atoms with Gasteiger partial charge in [-0.1, -0.05) is 42.5 Å². The summed E-state index contributed by atoms with van der Waals surface area (Å²) in [6, 6.07) is 16.2. The third-order valence-electron chi connectivity index (χ3n) is 5.94. The van der Waals surface area contributed by atoms with E-state index < -0.39 is 0 Å². The molecule has 184 valence electrons. The molecule has 1 unspecified atom stereocenters. The summed E-state index contributed by atoms with van der Waals surface area (Å²) in [7, 11) is 0. The van der Waals surface area contributed by atoms with Crippen LogP contribution in [0.4, 0.5) is 9.52 Å². The van der Waals surface area contributed by atoms with Crippen LogP contribution in [0.1, 0.15) is 36.7 Å². The molecule has 4 rings (SSSR count). The fourth-order valence-electron chi connectivity index (χ4n) is 4.14. The first-order chi connectivity index (χ1) is 17.0. The van der Waals surface area contributed by atoms with Gasteiger partial charge in [-0.05, 0) is 43.0 Å². The van der Waals surface area contributed by atoms with Crippen molar-refractivity contribution in [3.05, 3.63) is 77.4 Å². The van der Waals surface area contributed by atoms with Crippen LogP contribution < -0.4 is 4.90 Å². The average molecular weight is 497 g/mol. The Morgan fingerprint density at radius 1 is 1.14 bits per heavy atom. The zero-order chi connectivity index (χ0) is 24.6. The van der Waals surface area contributed by atoms with Crippen molar-refractivity contribution >= 4 is 28.5 Å². The van der Waals surface area contributed by atoms with Gasteiger partial charge in [0, 0.05) is 37.6 Å². The van der Waals surface area contributed by atoms with Crippen LogP contribution in [0.15, 0.2) is 54.6 Å². The minimum atomic E-state index is -0.281. The summed E-state index contributed by atoms with van der Waals surface area (Å²) >= 11 is 1.25. The first kappa shape index (κ1) is 24.8. The second kappa shape index (κ2) is 11.9. The number of esters is 1. The molecule has 0 saturated carbocycles. The van der Waals surface area contributed by atoms with Gasteiger partial charge in [0.25, 0.3) is 0 Å². The fraction of sp³-hybridized carbons (Fsp3) is 0.385. The Balaban J connectivity index is 1.48. The molecule has 35 heavy (non-hydrogen) atoms. The minimum absolute atomic E-state index is 0.0507. The van der Waals surface area contributed by atoms with Gasteiger partial charge >= 0.3 is 5.97 Å². The summed E-state index contributed by atoms with van der Waals surface area (Å²) in [6.45, 7) is 3.77. The molecule has 7 nitrogen and oxygen atoms in total. The second-order valence-electron chi connectivity index (χ2n) is 8.57. The maximum Gasteiger partial charge on any atom is 0.310 e. The van der Waals surface area contributed by atoms with Gasteiger partial charge in [-0.25, -0.2) is 9.37 Å². The molecule has 1 aliphatic heterocycles. The standard InChI is InChI=1S/C26H29FN4O3S/c1-2-34-25(33)21-9-6-14-30(17-21)24(32)18-31(16-20-7-4-3-5-8-20)26-28-23(29-35-26)15-19-10-12-22(27)13-11-19/h3-5,7-8,10-13,21H,2,6,9,14-18H2,1H3. The van der Waals surface area contributed by atoms with Crippen LogP contribution in [0, 0.1) is 11.7 Å². The predicted octanol–water partition coefficient (Wildman–Crippen LogP) is 4.08. The highest BCUT2D eigenvalue weighted by Gasteiger charge is 2.30. The van der Waals surface area contributed by atoms with Gasteiger partial charge in [-0.2, -0.15) is 4.37 Å². The van der Waals surface area contributed by atoms with Crippen molar-refractivity contribution in [3.63, 3.8) is 0 Å². The molecule has 0 bridgehead atoms. The highest BCUT2D eigenvalue weighted by atomic mass is 32.1. The number of ether oxygens (including phenoxy) is 1. The zero-order valence-corrected chi connectivity index (χ0v) is 20.5. The number of hydrogen-bond acceptors (Lipinski definition) is 7. The van der Waals surface area contributed by atoms with Gasteiger partial charge in [-0.3, -0.25) is 9.59 Å². The molecule has 0 aliphatic carbocycles. The third-order valence-corrected chi connectivity index (χ3v) is 6.75. The van der Waals surface area contributed by atoms with E-state index in [1.165, 1.54) is 23.7 Å². The van der Waals surface area contributed by atoms with E-state index in [0.29, 0.717) is 43.6 Å². The van der Waals surface area contributed by atoms with E-state index in [1.807, 2.05) is 35.2 Å². The van der Waals surface area contributed by atoms with Crippen LogP contribution in [-0.4, -0.2) is 52.4 Å². The summed E-state index contributed by atoms with van der Waals surface area (Å²) in [5.74, 6) is -0.219. The van der Waals surface area contributed by atoms with E-state index in [-0.39, 0.29) is 30.2 Å². The third kappa shape index (κ3) is 6.85. The van der Waals surface area contributed by atoms with Crippen LogP contribution in [0.2, 0.25) is 0 Å². The Bertz CT molecular complexity index is 1120. The molecule has 2 aromatic carbocycles. The Kier molecular flexibility index (Phi) is 8.41. The van der Waals surface area contributed by atoms with Crippen LogP contribution >= 0.6 is 11.5 Å². The molecule has 0 spiro atoms. The van der Waals surface area contributed by atoms with Crippen molar-refractivity contribution in [1.82, 2.24) is 14.3 Å². The largest absolute Gasteiger partial charge is 0.466 e. The van der Waals surface area contributed by atoms with E-state index >= 15 is 0 Å². The normalized spacial score (nSPS) is 15.6. The lowest BCUT2D eigenvalue weighted by molar-refractivity contribution is -0.151. The highest BCUT2D eigenvalue weighted by molar-refractivity contribution is 7.09. The maximum atomic E-state index is 13.3. The number of benzene rings is 2. The number of carbonyl (C=O) groups is 2. The number of halogens is 1. The summed E-state index contributed by atoms with van der Waals surface area (Å²) in [4.78, 5) is 33.9. The van der Waals surface area contributed by atoms with Crippen molar-refractivity contribution in [1.29, 1.82) is 0 Å². The molecule has 1 aromatic heterocycles. The Morgan fingerprint density at radius 3 is 2.66 bits per heavy atom. The van der Waals surface area contributed by atoms with Crippen molar-refractivity contribution in [3.8, 4) is 0 Å². The summed E-state index contributed by atoms with van der Waals surface area (Å²) in [6.07, 6.45) is 1.99. The van der Waals surface area contributed by atoms with Gasteiger partial charge in [-0.15, -0.1) is 0 Å². The molecule has 9 heteroatoms. The van der Waals surface area contributed by atoms with E-state index in [9.17, 15) is 14.0 Å². The number of aromatic nitrogens is 2. The second-order valence-corrected chi connectivity index (χ2v) is 9.30. The molecule has 1 atom stereocenters. The number of piperidine rings is 1. The Hall–Kier alpha value is -3.33. The monoisotopic (exact) mass is 496 g/mol. The minimum Gasteiger partial charge on any atom is -0.466 e. The van der Waals surface area contributed by atoms with Gasteiger partial charge in [0.05, 0.1) is 19.1 Å². The number of likely N-dealkylation sites (tertiary alicyclic amines) is 1. The number of carbonyl (C=O) groups excluding carboxylic acids is 2. The number of rotatable bonds is 9. The molecule has 2 heterocycles. The number of nitrogens with zero attached hydrogens (tertiary/aromatic N) is 4. The van der Waals surface area contributed by atoms with Crippen LogP contribution in [0.3, 0.4) is 0 Å². The van der Waals surface area contributed by atoms with Crippen molar-refractivity contribution in [2.75, 3.05) is 31.1 Å². The zero-order valence-electron chi connectivity index (χ0n) is 19.7. The summed E-state index contributed by atoms with van der Waals surface area (Å²) in [5.41, 5.74) is 1.97. The highest BCUT2D eigenvalue weighted by Crippen LogP contribution is 2.23.